The van der Waals surface area contributed by atoms with Crippen molar-refractivity contribution in [1.82, 2.24) is 15.0 Å². The van der Waals surface area contributed by atoms with Crippen LogP contribution in [0.2, 0.25) is 0 Å². The van der Waals surface area contributed by atoms with Gasteiger partial charge in [0.2, 0.25) is 0 Å². The van der Waals surface area contributed by atoms with Crippen LogP contribution in [0.4, 0.5) is 0 Å². The molecule has 4 heteroatoms. The van der Waals surface area contributed by atoms with E-state index < -0.39 is 0 Å². The lowest BCUT2D eigenvalue weighted by Gasteiger charge is -2.15. The van der Waals surface area contributed by atoms with Gasteiger partial charge in [-0.25, -0.2) is 15.0 Å². The second-order valence-electron chi connectivity index (χ2n) is 19.4. The quantitative estimate of drug-likeness (QED) is 0.149. The molecule has 0 aliphatic rings. The summed E-state index contributed by atoms with van der Waals surface area (Å²) in [6.45, 7) is 0. The minimum absolute atomic E-state index is 0.603. The molecule has 0 saturated carbocycles. The monoisotopic (exact) mass is 969 g/mol. The number of aromatic nitrogens is 3. The van der Waals surface area contributed by atoms with Crippen molar-refractivity contribution in [3.8, 4) is 78.7 Å². The number of fused-ring (bicyclic) bond motifs is 15. The lowest BCUT2D eigenvalue weighted by Crippen LogP contribution is -2.01. The number of hydrogen-bond donors (Lipinski definition) is 0. The first-order chi connectivity index (χ1) is 37.2. The number of hydrogen-bond acceptors (Lipinski definition) is 4. The van der Waals surface area contributed by atoms with Gasteiger partial charge in [0, 0.05) is 47.6 Å². The maximum absolute atomic E-state index is 5.50. The third-order valence-electron chi connectivity index (χ3n) is 15.0. The van der Waals surface area contributed by atoms with Crippen molar-refractivity contribution in [1.29, 1.82) is 0 Å². The summed E-state index contributed by atoms with van der Waals surface area (Å²) in [6.07, 6.45) is 0. The van der Waals surface area contributed by atoms with Gasteiger partial charge in [0.15, 0.2) is 17.5 Å². The Bertz CT molecular complexity index is 4480. The smallest absolute Gasteiger partial charge is 0.164 e. The fourth-order valence-electron chi connectivity index (χ4n) is 11.5. The van der Waals surface area contributed by atoms with Crippen molar-refractivity contribution in [2.24, 2.45) is 0 Å². The van der Waals surface area contributed by atoms with Crippen LogP contribution in [0.3, 0.4) is 0 Å². The normalized spacial score (nSPS) is 11.7. The summed E-state index contributed by atoms with van der Waals surface area (Å²) in [7, 11) is 0. The van der Waals surface area contributed by atoms with Crippen molar-refractivity contribution in [2.75, 3.05) is 0 Å². The van der Waals surface area contributed by atoms with E-state index in [0.29, 0.717) is 17.5 Å². The van der Waals surface area contributed by atoms with Gasteiger partial charge in [-0.15, -0.1) is 11.3 Å². The van der Waals surface area contributed by atoms with E-state index in [9.17, 15) is 0 Å². The van der Waals surface area contributed by atoms with Crippen molar-refractivity contribution in [2.45, 2.75) is 0 Å². The van der Waals surface area contributed by atoms with Crippen LogP contribution in [0.15, 0.2) is 261 Å². The summed E-state index contributed by atoms with van der Waals surface area (Å²) in [4.78, 5) is 16.5. The Labute approximate surface area is 437 Å². The Balaban J connectivity index is 1.00. The van der Waals surface area contributed by atoms with Gasteiger partial charge in [-0.2, -0.15) is 0 Å². The zero-order chi connectivity index (χ0) is 49.4. The molecular formula is C71H43N3S. The molecule has 0 radical (unpaired) electrons. The summed E-state index contributed by atoms with van der Waals surface area (Å²) in [6, 6.07) is 94.0. The zero-order valence-corrected chi connectivity index (χ0v) is 41.4. The van der Waals surface area contributed by atoms with Crippen molar-refractivity contribution in [3.63, 3.8) is 0 Å². The molecule has 3 nitrogen and oxygen atoms in total. The first-order valence-corrected chi connectivity index (χ1v) is 26.3. The Morgan fingerprint density at radius 3 is 0.947 bits per heavy atom. The highest BCUT2D eigenvalue weighted by molar-refractivity contribution is 7.28. The van der Waals surface area contributed by atoms with Gasteiger partial charge in [-0.05, 0) is 130 Å². The van der Waals surface area contributed by atoms with E-state index in [1.165, 1.54) is 68.6 Å². The van der Waals surface area contributed by atoms with E-state index in [0.717, 1.165) is 66.6 Å². The van der Waals surface area contributed by atoms with E-state index in [1.807, 2.05) is 11.3 Å². The van der Waals surface area contributed by atoms with Crippen LogP contribution in [0.1, 0.15) is 0 Å². The van der Waals surface area contributed by atoms with E-state index in [-0.39, 0.29) is 0 Å². The summed E-state index contributed by atoms with van der Waals surface area (Å²) < 4.78 is 2.63. The molecule has 0 bridgehead atoms. The largest absolute Gasteiger partial charge is 0.208 e. The molecule has 13 aromatic carbocycles. The third-order valence-corrected chi connectivity index (χ3v) is 16.3. The Morgan fingerprint density at radius 2 is 0.480 bits per heavy atom. The van der Waals surface area contributed by atoms with E-state index in [2.05, 4.69) is 261 Å². The maximum atomic E-state index is 5.50. The average molecular weight is 970 g/mol. The Hall–Kier alpha value is -9.61. The van der Waals surface area contributed by atoms with Crippen LogP contribution >= 0.6 is 11.3 Å². The van der Waals surface area contributed by atoms with Gasteiger partial charge in [-0.1, -0.05) is 218 Å². The molecule has 15 rings (SSSR count). The molecule has 0 amide bonds. The van der Waals surface area contributed by atoms with Crippen LogP contribution in [0.5, 0.6) is 0 Å². The minimum atomic E-state index is 0.603. The van der Waals surface area contributed by atoms with Gasteiger partial charge in [0.1, 0.15) is 0 Å². The predicted octanol–water partition coefficient (Wildman–Crippen LogP) is 19.7. The Kier molecular flexibility index (Phi) is 10.1. The van der Waals surface area contributed by atoms with Gasteiger partial charge < -0.3 is 0 Å². The Morgan fingerprint density at radius 1 is 0.187 bits per heavy atom. The van der Waals surface area contributed by atoms with Crippen molar-refractivity contribution >= 4 is 85.4 Å². The van der Waals surface area contributed by atoms with Crippen LogP contribution < -0.4 is 0 Å². The molecule has 2 aromatic heterocycles. The van der Waals surface area contributed by atoms with Crippen LogP contribution in [0, 0.1) is 0 Å². The topological polar surface area (TPSA) is 38.7 Å². The summed E-state index contributed by atoms with van der Waals surface area (Å²) in [5.41, 5.74) is 11.6. The van der Waals surface area contributed by atoms with E-state index in [1.54, 1.807) is 0 Å². The third kappa shape index (κ3) is 7.29. The number of nitrogens with zero attached hydrogens (tertiary/aromatic N) is 3. The molecule has 0 fully saturated rings. The van der Waals surface area contributed by atoms with Gasteiger partial charge in [-0.3, -0.25) is 0 Å². The van der Waals surface area contributed by atoms with Crippen molar-refractivity contribution < 1.29 is 0 Å². The number of thiophene rings is 1. The molecule has 15 aromatic rings. The lowest BCUT2D eigenvalue weighted by molar-refractivity contribution is 1.07. The van der Waals surface area contributed by atoms with Gasteiger partial charge in [0.05, 0.1) is 0 Å². The van der Waals surface area contributed by atoms with E-state index >= 15 is 0 Å². The summed E-state index contributed by atoms with van der Waals surface area (Å²) in [5, 5.41) is 15.1. The maximum Gasteiger partial charge on any atom is 0.164 e. The highest BCUT2D eigenvalue weighted by Crippen LogP contribution is 2.49. The van der Waals surface area contributed by atoms with Crippen molar-refractivity contribution in [3.05, 3.63) is 261 Å². The second kappa shape index (κ2) is 17.6. The molecule has 0 saturated heterocycles. The molecular weight excluding hydrogens is 927 g/mol. The molecule has 0 spiro atoms. The van der Waals surface area contributed by atoms with Gasteiger partial charge >= 0.3 is 0 Å². The number of benzene rings is 13. The molecule has 348 valence electrons. The first kappa shape index (κ1) is 43.0. The number of rotatable bonds is 7. The summed E-state index contributed by atoms with van der Waals surface area (Å²) >= 11 is 1.92. The zero-order valence-electron chi connectivity index (χ0n) is 40.6. The minimum Gasteiger partial charge on any atom is -0.208 e. The standard InChI is InChI=1S/C71H43N3S/c1-5-19-44(20-6-1)49-37-50(45-21-7-2-8-22-45)40-53(39-49)70-72-69(73-71(74-70)54-41-51(46-23-9-3-10-24-46)38-52(42-54)47-25-11-4-12-26-47)48-33-34-61-64(43-48)58-30-14-13-28-56(58)60-35-36-63-66-59-31-17-15-27-55(59)57-29-16-18-32-62(57)67(66)75-68(63)65(60)61/h1-43H. The molecule has 0 N–H and O–H groups in total. The van der Waals surface area contributed by atoms with Crippen LogP contribution in [-0.4, -0.2) is 15.0 Å². The molecule has 0 atom stereocenters. The first-order valence-electron chi connectivity index (χ1n) is 25.5. The van der Waals surface area contributed by atoms with Gasteiger partial charge in [0.25, 0.3) is 0 Å². The fraction of sp³-hybridized carbons (Fsp3) is 0. The SMILES string of the molecule is c1ccc(-c2cc(-c3ccccc3)cc(-c3nc(-c4cc(-c5ccccc5)cc(-c5ccccc5)c4)nc(-c4ccc5c(c4)c4ccccc4c4ccc6c(sc7c8ccccc8c8ccccc8c67)c45)n3)c2)cc1. The molecule has 0 unspecified atom stereocenters. The average Bonchev–Trinajstić information content (AvgIpc) is 4.00. The molecule has 0 aliphatic carbocycles. The molecule has 0 aliphatic heterocycles. The van der Waals surface area contributed by atoms with Crippen LogP contribution in [-0.2, 0) is 0 Å². The molecule has 2 heterocycles. The molecule has 75 heavy (non-hydrogen) atoms. The van der Waals surface area contributed by atoms with E-state index in [4.69, 9.17) is 15.0 Å². The highest BCUT2D eigenvalue weighted by Gasteiger charge is 2.21. The fourth-order valence-corrected chi connectivity index (χ4v) is 12.9. The highest BCUT2D eigenvalue weighted by atomic mass is 32.1. The van der Waals surface area contributed by atoms with Crippen LogP contribution in [0.25, 0.3) is 153 Å². The summed E-state index contributed by atoms with van der Waals surface area (Å²) in [5.74, 6) is 1.81. The second-order valence-corrected chi connectivity index (χ2v) is 20.5. The predicted molar refractivity (Wildman–Crippen MR) is 318 cm³/mol. The lowest BCUT2D eigenvalue weighted by atomic mass is 9.91.